The molecule has 0 aromatic heterocycles. The van der Waals surface area contributed by atoms with Crippen molar-refractivity contribution in [3.05, 3.63) is 29.8 Å². The number of rotatable bonds is 4. The fourth-order valence-corrected chi connectivity index (χ4v) is 3.06. The molecule has 0 aliphatic heterocycles. The first-order valence-electron chi connectivity index (χ1n) is 5.99. The molecule has 0 radical (unpaired) electrons. The molecule has 0 saturated heterocycles. The van der Waals surface area contributed by atoms with Crippen molar-refractivity contribution < 1.29 is 8.42 Å². The molecule has 0 aliphatic carbocycles. The zero-order valence-corrected chi connectivity index (χ0v) is 12.2. The van der Waals surface area contributed by atoms with Crippen LogP contribution in [0, 0.1) is 0 Å². The van der Waals surface area contributed by atoms with Gasteiger partial charge in [-0.2, -0.15) is 0 Å². The second-order valence-electron chi connectivity index (χ2n) is 5.68. The summed E-state index contributed by atoms with van der Waals surface area (Å²) >= 11 is 0. The number of hydrogen-bond acceptors (Lipinski definition) is 3. The molecule has 1 aromatic rings. The third-order valence-electron chi connectivity index (χ3n) is 2.23. The van der Waals surface area contributed by atoms with E-state index >= 15 is 0 Å². The normalized spacial score (nSPS) is 14.5. The van der Waals surface area contributed by atoms with Crippen molar-refractivity contribution in [2.24, 2.45) is 5.73 Å². The molecule has 1 unspecified atom stereocenters. The Balaban J connectivity index is 2.91. The third kappa shape index (κ3) is 4.76. The maximum atomic E-state index is 12.0. The molecular formula is C13H22N2O2S. The van der Waals surface area contributed by atoms with E-state index in [4.69, 9.17) is 5.73 Å². The lowest BCUT2D eigenvalue weighted by Gasteiger charge is -2.20. The summed E-state index contributed by atoms with van der Waals surface area (Å²) in [5, 5.41) is 0. The molecule has 1 rings (SSSR count). The topological polar surface area (TPSA) is 72.2 Å². The number of nitrogens with one attached hydrogen (secondary N) is 1. The molecule has 0 heterocycles. The standard InChI is InChI=1S/C13H22N2O2S/c1-10(14)9-11-5-7-12(8-6-11)18(16,17)15-13(2,3)4/h5-8,10,15H,9,14H2,1-4H3. The quantitative estimate of drug-likeness (QED) is 0.874. The van der Waals surface area contributed by atoms with Gasteiger partial charge < -0.3 is 5.73 Å². The van der Waals surface area contributed by atoms with E-state index in [1.54, 1.807) is 24.3 Å². The largest absolute Gasteiger partial charge is 0.328 e. The van der Waals surface area contributed by atoms with Crippen molar-refractivity contribution in [1.29, 1.82) is 0 Å². The molecule has 0 saturated carbocycles. The third-order valence-corrected chi connectivity index (χ3v) is 4.01. The Morgan fingerprint density at radius 3 is 2.11 bits per heavy atom. The summed E-state index contributed by atoms with van der Waals surface area (Å²) in [5.41, 5.74) is 6.26. The Bertz CT molecular complexity index is 485. The minimum absolute atomic E-state index is 0.0696. The Labute approximate surface area is 110 Å². The van der Waals surface area contributed by atoms with E-state index in [-0.39, 0.29) is 10.9 Å². The highest BCUT2D eigenvalue weighted by Gasteiger charge is 2.21. The van der Waals surface area contributed by atoms with Gasteiger partial charge in [0.2, 0.25) is 10.0 Å². The number of hydrogen-bond donors (Lipinski definition) is 2. The molecule has 0 bridgehead atoms. The lowest BCUT2D eigenvalue weighted by molar-refractivity contribution is 0.491. The number of sulfonamides is 1. The highest BCUT2D eigenvalue weighted by Crippen LogP contribution is 2.14. The molecule has 1 aromatic carbocycles. The molecule has 18 heavy (non-hydrogen) atoms. The van der Waals surface area contributed by atoms with Crippen molar-refractivity contribution in [2.75, 3.05) is 0 Å². The fraction of sp³-hybridized carbons (Fsp3) is 0.538. The van der Waals surface area contributed by atoms with E-state index in [1.807, 2.05) is 27.7 Å². The minimum Gasteiger partial charge on any atom is -0.328 e. The van der Waals surface area contributed by atoms with Gasteiger partial charge in [-0.1, -0.05) is 12.1 Å². The molecule has 1 atom stereocenters. The van der Waals surface area contributed by atoms with Crippen molar-refractivity contribution in [3.8, 4) is 0 Å². The maximum Gasteiger partial charge on any atom is 0.241 e. The zero-order valence-electron chi connectivity index (χ0n) is 11.4. The molecule has 0 aliphatic rings. The van der Waals surface area contributed by atoms with Gasteiger partial charge in [-0.3, -0.25) is 0 Å². The van der Waals surface area contributed by atoms with Crippen LogP contribution in [-0.4, -0.2) is 20.0 Å². The van der Waals surface area contributed by atoms with Crippen LogP contribution in [0.15, 0.2) is 29.2 Å². The summed E-state index contributed by atoms with van der Waals surface area (Å²) in [7, 11) is -3.44. The Kier molecular flexibility index (Phi) is 4.53. The Hall–Kier alpha value is -0.910. The van der Waals surface area contributed by atoms with Gasteiger partial charge in [0, 0.05) is 11.6 Å². The van der Waals surface area contributed by atoms with Gasteiger partial charge in [0.05, 0.1) is 4.90 Å². The average Bonchev–Trinajstić information content (AvgIpc) is 2.13. The highest BCUT2D eigenvalue weighted by atomic mass is 32.2. The molecule has 0 spiro atoms. The fourth-order valence-electron chi connectivity index (χ4n) is 1.64. The van der Waals surface area contributed by atoms with E-state index in [2.05, 4.69) is 4.72 Å². The summed E-state index contributed by atoms with van der Waals surface area (Å²) in [6.45, 7) is 7.37. The van der Waals surface area contributed by atoms with E-state index in [0.29, 0.717) is 0 Å². The van der Waals surface area contributed by atoms with E-state index in [9.17, 15) is 8.42 Å². The minimum atomic E-state index is -3.44. The van der Waals surface area contributed by atoms with Crippen molar-refractivity contribution in [1.82, 2.24) is 4.72 Å². The molecule has 0 fully saturated rings. The summed E-state index contributed by atoms with van der Waals surface area (Å²) in [6, 6.07) is 6.92. The number of nitrogens with two attached hydrogens (primary N) is 1. The zero-order chi connectivity index (χ0) is 14.0. The van der Waals surface area contributed by atoms with E-state index in [1.165, 1.54) is 0 Å². The van der Waals surface area contributed by atoms with Crippen LogP contribution in [0.1, 0.15) is 33.3 Å². The van der Waals surface area contributed by atoms with Crippen LogP contribution >= 0.6 is 0 Å². The molecule has 5 heteroatoms. The lowest BCUT2D eigenvalue weighted by Crippen LogP contribution is -2.40. The average molecular weight is 270 g/mol. The molecule has 102 valence electrons. The second kappa shape index (κ2) is 5.38. The molecule has 3 N–H and O–H groups in total. The lowest BCUT2D eigenvalue weighted by atomic mass is 10.1. The predicted molar refractivity (Wildman–Crippen MR) is 73.9 cm³/mol. The Morgan fingerprint density at radius 2 is 1.72 bits per heavy atom. The van der Waals surface area contributed by atoms with Crippen LogP contribution in [0.25, 0.3) is 0 Å². The second-order valence-corrected chi connectivity index (χ2v) is 7.36. The van der Waals surface area contributed by atoms with Crippen LogP contribution in [0.4, 0.5) is 0 Å². The monoisotopic (exact) mass is 270 g/mol. The smallest absolute Gasteiger partial charge is 0.241 e. The van der Waals surface area contributed by atoms with Gasteiger partial charge >= 0.3 is 0 Å². The van der Waals surface area contributed by atoms with Crippen LogP contribution in [0.5, 0.6) is 0 Å². The van der Waals surface area contributed by atoms with Crippen LogP contribution in [-0.2, 0) is 16.4 Å². The van der Waals surface area contributed by atoms with Crippen molar-refractivity contribution >= 4 is 10.0 Å². The van der Waals surface area contributed by atoms with Crippen LogP contribution in [0.3, 0.4) is 0 Å². The van der Waals surface area contributed by atoms with Crippen LogP contribution in [0.2, 0.25) is 0 Å². The van der Waals surface area contributed by atoms with Crippen molar-refractivity contribution in [3.63, 3.8) is 0 Å². The van der Waals surface area contributed by atoms with Crippen LogP contribution < -0.4 is 10.5 Å². The first-order chi connectivity index (χ1) is 8.10. The highest BCUT2D eigenvalue weighted by molar-refractivity contribution is 7.89. The predicted octanol–water partition coefficient (Wildman–Crippen LogP) is 1.65. The van der Waals surface area contributed by atoms with Gasteiger partial charge in [0.1, 0.15) is 0 Å². The van der Waals surface area contributed by atoms with Gasteiger partial charge in [0.15, 0.2) is 0 Å². The number of benzene rings is 1. The van der Waals surface area contributed by atoms with E-state index < -0.39 is 15.6 Å². The first-order valence-corrected chi connectivity index (χ1v) is 7.47. The van der Waals surface area contributed by atoms with Gasteiger partial charge in [-0.15, -0.1) is 0 Å². The SMILES string of the molecule is CC(N)Cc1ccc(S(=O)(=O)NC(C)(C)C)cc1. The summed E-state index contributed by atoms with van der Waals surface area (Å²) in [6.07, 6.45) is 0.743. The first kappa shape index (κ1) is 15.1. The summed E-state index contributed by atoms with van der Waals surface area (Å²) in [5.74, 6) is 0. The molecular weight excluding hydrogens is 248 g/mol. The molecule has 4 nitrogen and oxygen atoms in total. The summed E-state index contributed by atoms with van der Waals surface area (Å²) < 4.78 is 26.7. The van der Waals surface area contributed by atoms with E-state index in [0.717, 1.165) is 12.0 Å². The summed E-state index contributed by atoms with van der Waals surface area (Å²) in [4.78, 5) is 0.283. The van der Waals surface area contributed by atoms with Gasteiger partial charge in [0.25, 0.3) is 0 Å². The Morgan fingerprint density at radius 1 is 1.22 bits per heavy atom. The van der Waals surface area contributed by atoms with Gasteiger partial charge in [-0.05, 0) is 51.8 Å². The van der Waals surface area contributed by atoms with Gasteiger partial charge in [-0.25, -0.2) is 13.1 Å². The molecule has 0 amide bonds. The van der Waals surface area contributed by atoms with Crippen molar-refractivity contribution in [2.45, 2.75) is 50.6 Å². The maximum absolute atomic E-state index is 12.0.